The van der Waals surface area contributed by atoms with E-state index in [2.05, 4.69) is 42.3 Å². The Morgan fingerprint density at radius 2 is 2.06 bits per heavy atom. The van der Waals surface area contributed by atoms with Gasteiger partial charge in [-0.05, 0) is 38.1 Å². The average Bonchev–Trinajstić information content (AvgIpc) is 3.28. The third-order valence-corrected chi connectivity index (χ3v) is 5.06. The van der Waals surface area contributed by atoms with E-state index in [0.29, 0.717) is 35.6 Å². The van der Waals surface area contributed by atoms with Crippen molar-refractivity contribution in [2.75, 3.05) is 30.8 Å². The molecule has 11 nitrogen and oxygen atoms in total. The number of anilines is 3. The summed E-state index contributed by atoms with van der Waals surface area (Å²) < 4.78 is 9.26. The van der Waals surface area contributed by atoms with Gasteiger partial charge in [0.2, 0.25) is 0 Å². The zero-order chi connectivity index (χ0) is 21.9. The molecule has 0 radical (unpaired) electrons. The van der Waals surface area contributed by atoms with Crippen molar-refractivity contribution in [3.05, 3.63) is 48.8 Å². The third kappa shape index (κ3) is 4.03. The maximum absolute atomic E-state index is 9.43. The van der Waals surface area contributed by atoms with E-state index in [9.17, 15) is 5.26 Å². The van der Waals surface area contributed by atoms with Crippen LogP contribution >= 0.6 is 0 Å². The Labute approximate surface area is 184 Å². The Kier molecular flexibility index (Phi) is 5.27. The highest BCUT2D eigenvalue weighted by Gasteiger charge is 2.23. The second-order valence-corrected chi connectivity index (χ2v) is 7.48. The van der Waals surface area contributed by atoms with Crippen molar-refractivity contribution in [3.8, 4) is 17.5 Å². The Morgan fingerprint density at radius 3 is 2.81 bits per heavy atom. The van der Waals surface area contributed by atoms with Gasteiger partial charge in [0, 0.05) is 24.3 Å². The molecule has 0 atom stereocenters. The summed E-state index contributed by atoms with van der Waals surface area (Å²) in [6.07, 6.45) is 7.03. The Balaban J connectivity index is 1.49. The highest BCUT2D eigenvalue weighted by Crippen LogP contribution is 2.31. The number of fused-ring (bicyclic) bond motifs is 1. The van der Waals surface area contributed by atoms with Gasteiger partial charge in [-0.2, -0.15) is 9.78 Å². The molecule has 11 heteroatoms. The summed E-state index contributed by atoms with van der Waals surface area (Å²) in [6, 6.07) is 10.2. The summed E-state index contributed by atoms with van der Waals surface area (Å²) in [6.45, 7) is 1.26. The highest BCUT2D eigenvalue weighted by atomic mass is 16.5. The van der Waals surface area contributed by atoms with Gasteiger partial charge in [-0.1, -0.05) is 0 Å². The molecule has 1 saturated carbocycles. The molecule has 0 unspecified atom stereocenters. The maximum atomic E-state index is 9.43. The topological polar surface area (TPSA) is 130 Å². The SMILES string of the molecule is CNCCOc1ccc(Nc2cc(NC3CC3)c3ncc(C#N)n3n2)cc1-n1cnnc1. The molecule has 4 aromatic rings. The predicted octanol–water partition coefficient (Wildman–Crippen LogP) is 2.10. The normalized spacial score (nSPS) is 13.1. The van der Waals surface area contributed by atoms with E-state index in [0.717, 1.165) is 36.4 Å². The van der Waals surface area contributed by atoms with E-state index in [-0.39, 0.29) is 0 Å². The molecule has 5 rings (SSSR count). The number of likely N-dealkylation sites (N-methyl/N-ethyl adjacent to an activating group) is 1. The summed E-state index contributed by atoms with van der Waals surface area (Å²) in [4.78, 5) is 4.36. The Morgan fingerprint density at radius 1 is 1.22 bits per heavy atom. The zero-order valence-corrected chi connectivity index (χ0v) is 17.5. The number of hydrogen-bond donors (Lipinski definition) is 3. The standard InChI is InChI=1S/C21H22N10O/c1-23-6-7-32-19-5-4-15(8-18(19)30-12-25-26-13-30)28-20-9-17(27-14-2-3-14)21-24-11-16(10-22)31(21)29-20/h4-5,8-9,11-14,23,27H,2-3,6-7H2,1H3,(H,28,29). The van der Waals surface area contributed by atoms with Crippen LogP contribution < -0.4 is 20.7 Å². The molecule has 0 aliphatic heterocycles. The van der Waals surface area contributed by atoms with Gasteiger partial charge in [-0.3, -0.25) is 4.57 Å². The van der Waals surface area contributed by atoms with Crippen LogP contribution in [-0.2, 0) is 0 Å². The Bertz CT molecular complexity index is 1270. The van der Waals surface area contributed by atoms with Crippen LogP contribution in [0.5, 0.6) is 5.75 Å². The van der Waals surface area contributed by atoms with Crippen molar-refractivity contribution in [2.24, 2.45) is 0 Å². The van der Waals surface area contributed by atoms with Crippen LogP contribution in [0.3, 0.4) is 0 Å². The van der Waals surface area contributed by atoms with E-state index >= 15 is 0 Å². The molecule has 1 aliphatic rings. The van der Waals surface area contributed by atoms with Gasteiger partial charge in [0.05, 0.1) is 17.6 Å². The second kappa shape index (κ2) is 8.52. The van der Waals surface area contributed by atoms with Crippen molar-refractivity contribution < 1.29 is 4.74 Å². The van der Waals surface area contributed by atoms with Crippen LogP contribution in [0.1, 0.15) is 18.5 Å². The molecular formula is C21H22N10O. The first-order chi connectivity index (χ1) is 15.7. The number of imidazole rings is 1. The van der Waals surface area contributed by atoms with Crippen molar-refractivity contribution in [2.45, 2.75) is 18.9 Å². The van der Waals surface area contributed by atoms with E-state index in [1.807, 2.05) is 31.3 Å². The fraction of sp³-hybridized carbons (Fsp3) is 0.286. The first kappa shape index (κ1) is 19.8. The summed E-state index contributed by atoms with van der Waals surface area (Å²) in [5.74, 6) is 1.31. The van der Waals surface area contributed by atoms with E-state index in [4.69, 9.17) is 4.74 Å². The minimum Gasteiger partial charge on any atom is -0.490 e. The maximum Gasteiger partial charge on any atom is 0.178 e. The minimum absolute atomic E-state index is 0.376. The van der Waals surface area contributed by atoms with Crippen LogP contribution in [0.4, 0.5) is 17.2 Å². The van der Waals surface area contributed by atoms with Crippen molar-refractivity contribution in [1.82, 2.24) is 34.7 Å². The highest BCUT2D eigenvalue weighted by molar-refractivity contribution is 5.74. The number of hydrogen-bond acceptors (Lipinski definition) is 9. The number of benzene rings is 1. The molecule has 0 saturated heterocycles. The van der Waals surface area contributed by atoms with Gasteiger partial charge in [-0.25, -0.2) is 4.98 Å². The number of nitriles is 1. The number of nitrogens with one attached hydrogen (secondary N) is 3. The first-order valence-electron chi connectivity index (χ1n) is 10.3. The van der Waals surface area contributed by atoms with E-state index in [1.165, 1.54) is 6.20 Å². The lowest BCUT2D eigenvalue weighted by Gasteiger charge is -2.15. The first-order valence-corrected chi connectivity index (χ1v) is 10.3. The van der Waals surface area contributed by atoms with E-state index in [1.54, 1.807) is 21.7 Å². The number of aromatic nitrogens is 6. The third-order valence-electron chi connectivity index (χ3n) is 5.06. The molecule has 1 aliphatic carbocycles. The molecule has 32 heavy (non-hydrogen) atoms. The van der Waals surface area contributed by atoms with Gasteiger partial charge in [0.25, 0.3) is 0 Å². The fourth-order valence-corrected chi connectivity index (χ4v) is 3.31. The van der Waals surface area contributed by atoms with Gasteiger partial charge >= 0.3 is 0 Å². The summed E-state index contributed by atoms with van der Waals surface area (Å²) in [5.41, 5.74) is 3.46. The molecule has 3 N–H and O–H groups in total. The number of nitrogens with zero attached hydrogens (tertiary/aromatic N) is 7. The predicted molar refractivity (Wildman–Crippen MR) is 118 cm³/mol. The molecular weight excluding hydrogens is 408 g/mol. The summed E-state index contributed by atoms with van der Waals surface area (Å²) in [7, 11) is 1.88. The molecule has 1 aromatic carbocycles. The molecule has 0 spiro atoms. The van der Waals surface area contributed by atoms with Crippen molar-refractivity contribution >= 4 is 22.8 Å². The molecule has 0 amide bonds. The Hall–Kier alpha value is -4.17. The molecule has 162 valence electrons. The van der Waals surface area contributed by atoms with Crippen LogP contribution in [-0.4, -0.2) is 55.6 Å². The number of ether oxygens (including phenoxy) is 1. The van der Waals surface area contributed by atoms with Crippen molar-refractivity contribution in [3.63, 3.8) is 0 Å². The van der Waals surface area contributed by atoms with Gasteiger partial charge < -0.3 is 20.7 Å². The lowest BCUT2D eigenvalue weighted by Crippen LogP contribution is -2.16. The van der Waals surface area contributed by atoms with Crippen molar-refractivity contribution in [1.29, 1.82) is 5.26 Å². The van der Waals surface area contributed by atoms with Crippen LogP contribution in [0.2, 0.25) is 0 Å². The molecule has 3 heterocycles. The smallest absolute Gasteiger partial charge is 0.178 e. The van der Waals surface area contributed by atoms with Gasteiger partial charge in [0.1, 0.15) is 31.1 Å². The van der Waals surface area contributed by atoms with Crippen LogP contribution in [0.25, 0.3) is 11.3 Å². The number of rotatable bonds is 9. The second-order valence-electron chi connectivity index (χ2n) is 7.48. The van der Waals surface area contributed by atoms with Gasteiger partial charge in [0.15, 0.2) is 17.2 Å². The van der Waals surface area contributed by atoms with E-state index < -0.39 is 0 Å². The summed E-state index contributed by atoms with van der Waals surface area (Å²) in [5, 5.41) is 31.7. The average molecular weight is 430 g/mol. The van der Waals surface area contributed by atoms with Crippen LogP contribution in [0.15, 0.2) is 43.1 Å². The monoisotopic (exact) mass is 430 g/mol. The molecule has 0 bridgehead atoms. The van der Waals surface area contributed by atoms with Gasteiger partial charge in [-0.15, -0.1) is 15.3 Å². The minimum atomic E-state index is 0.376. The quantitative estimate of drug-likeness (QED) is 0.342. The zero-order valence-electron chi connectivity index (χ0n) is 17.5. The lowest BCUT2D eigenvalue weighted by molar-refractivity contribution is 0.317. The lowest BCUT2D eigenvalue weighted by atomic mass is 10.2. The van der Waals surface area contributed by atoms with Crippen LogP contribution in [0, 0.1) is 11.3 Å². The fourth-order valence-electron chi connectivity index (χ4n) is 3.31. The molecule has 3 aromatic heterocycles. The molecule has 1 fully saturated rings. The largest absolute Gasteiger partial charge is 0.490 e. The summed E-state index contributed by atoms with van der Waals surface area (Å²) >= 11 is 0.